The van der Waals surface area contributed by atoms with E-state index in [9.17, 15) is 0 Å². The van der Waals surface area contributed by atoms with Crippen LogP contribution in [-0.2, 0) is 5.41 Å². The Labute approximate surface area is 156 Å². The number of nitrogens with zero attached hydrogens (tertiary/aromatic N) is 3. The number of fused-ring (bicyclic) bond motifs is 1. The lowest BCUT2D eigenvalue weighted by Gasteiger charge is -2.29. The van der Waals surface area contributed by atoms with Crippen LogP contribution in [0.2, 0.25) is 0 Å². The number of aryl methyl sites for hydroxylation is 4. The summed E-state index contributed by atoms with van der Waals surface area (Å²) in [4.78, 5) is 4.90. The lowest BCUT2D eigenvalue weighted by Crippen LogP contribution is -2.27. The first-order chi connectivity index (χ1) is 12.3. The van der Waals surface area contributed by atoms with E-state index in [1.807, 2.05) is 0 Å². The molecule has 2 heterocycles. The third-order valence-corrected chi connectivity index (χ3v) is 6.13. The third-order valence-electron chi connectivity index (χ3n) is 6.13. The number of benzene rings is 1. The van der Waals surface area contributed by atoms with Crippen molar-refractivity contribution in [2.45, 2.75) is 59.3 Å². The molecule has 0 aliphatic heterocycles. The third kappa shape index (κ3) is 2.56. The van der Waals surface area contributed by atoms with Gasteiger partial charge in [-0.05, 0) is 70.1 Å². The molecule has 1 fully saturated rings. The fourth-order valence-corrected chi connectivity index (χ4v) is 4.32. The van der Waals surface area contributed by atoms with E-state index < -0.39 is 0 Å². The zero-order valence-electron chi connectivity index (χ0n) is 16.6. The Morgan fingerprint density at radius 1 is 1.15 bits per heavy atom. The van der Waals surface area contributed by atoms with Crippen molar-refractivity contribution in [3.05, 3.63) is 59.4 Å². The molecule has 1 saturated carbocycles. The quantitative estimate of drug-likeness (QED) is 0.622. The Hall–Kier alpha value is -2.16. The topological polar surface area (TPSA) is 30.2 Å². The lowest BCUT2D eigenvalue weighted by molar-refractivity contribution is 0.390. The Kier molecular flexibility index (Phi) is 3.94. The zero-order valence-corrected chi connectivity index (χ0v) is 16.6. The van der Waals surface area contributed by atoms with Gasteiger partial charge >= 0.3 is 0 Å². The van der Waals surface area contributed by atoms with E-state index >= 15 is 0 Å². The van der Waals surface area contributed by atoms with E-state index in [4.69, 9.17) is 10.1 Å². The van der Waals surface area contributed by atoms with Crippen molar-refractivity contribution in [1.82, 2.24) is 14.6 Å². The normalized spacial score (nSPS) is 16.8. The van der Waals surface area contributed by atoms with Gasteiger partial charge in [0.1, 0.15) is 0 Å². The molecule has 3 heteroatoms. The maximum atomic E-state index is 4.94. The minimum Gasteiger partial charge on any atom is -0.233 e. The summed E-state index contributed by atoms with van der Waals surface area (Å²) >= 11 is 0. The highest BCUT2D eigenvalue weighted by atomic mass is 15.3. The minimum atomic E-state index is 0.0595. The molecule has 1 radical (unpaired) electrons. The first kappa shape index (κ1) is 17.3. The van der Waals surface area contributed by atoms with Gasteiger partial charge in [0.25, 0.3) is 0 Å². The highest BCUT2D eigenvalue weighted by Crippen LogP contribution is 2.49. The molecule has 1 atom stereocenters. The van der Waals surface area contributed by atoms with Crippen LogP contribution in [0.15, 0.2) is 24.3 Å². The van der Waals surface area contributed by atoms with Crippen LogP contribution in [0.5, 0.6) is 0 Å². The second-order valence-electron chi connectivity index (χ2n) is 8.24. The van der Waals surface area contributed by atoms with Gasteiger partial charge in [0.15, 0.2) is 5.65 Å². The Bertz CT molecular complexity index is 994. The van der Waals surface area contributed by atoms with Crippen molar-refractivity contribution in [2.75, 3.05) is 0 Å². The fraction of sp³-hybridized carbons (Fsp3) is 0.435. The lowest BCUT2D eigenvalue weighted by atomic mass is 9.78. The summed E-state index contributed by atoms with van der Waals surface area (Å²) in [5, 5.41) is 4.94. The van der Waals surface area contributed by atoms with Gasteiger partial charge in [-0.2, -0.15) is 5.10 Å². The number of aromatic nitrogens is 3. The number of hydrogen-bond acceptors (Lipinski definition) is 2. The molecule has 0 N–H and O–H groups in total. The number of rotatable bonds is 4. The number of hydrogen-bond donors (Lipinski definition) is 0. The summed E-state index contributed by atoms with van der Waals surface area (Å²) in [6.07, 6.45) is 3.46. The van der Waals surface area contributed by atoms with Crippen LogP contribution in [0, 0.1) is 40.5 Å². The van der Waals surface area contributed by atoms with Crippen molar-refractivity contribution < 1.29 is 0 Å². The molecule has 3 nitrogen and oxygen atoms in total. The molecule has 0 amide bonds. The molecular formula is C23H28N3. The summed E-state index contributed by atoms with van der Waals surface area (Å²) in [6.45, 7) is 15.1. The van der Waals surface area contributed by atoms with Crippen molar-refractivity contribution >= 4 is 5.65 Å². The van der Waals surface area contributed by atoms with E-state index in [2.05, 4.69) is 70.3 Å². The minimum absolute atomic E-state index is 0.0595. The molecular weight excluding hydrogens is 318 g/mol. The summed E-state index contributed by atoms with van der Waals surface area (Å²) in [6, 6.07) is 8.83. The first-order valence-electron chi connectivity index (χ1n) is 9.59. The van der Waals surface area contributed by atoms with E-state index in [1.165, 1.54) is 35.2 Å². The molecule has 1 aliphatic rings. The van der Waals surface area contributed by atoms with Crippen LogP contribution in [0.1, 0.15) is 54.4 Å². The van der Waals surface area contributed by atoms with E-state index in [0.717, 1.165) is 29.0 Å². The van der Waals surface area contributed by atoms with Crippen LogP contribution in [0.3, 0.4) is 0 Å². The van der Waals surface area contributed by atoms with Gasteiger partial charge < -0.3 is 0 Å². The van der Waals surface area contributed by atoms with E-state index in [-0.39, 0.29) is 5.41 Å². The maximum absolute atomic E-state index is 4.94. The van der Waals surface area contributed by atoms with Crippen LogP contribution >= 0.6 is 0 Å². The predicted octanol–water partition coefficient (Wildman–Crippen LogP) is 5.52. The average molecular weight is 346 g/mol. The van der Waals surface area contributed by atoms with Gasteiger partial charge in [0.2, 0.25) is 0 Å². The van der Waals surface area contributed by atoms with Gasteiger partial charge in [0, 0.05) is 16.7 Å². The standard InChI is InChI=1S/C23H28N3/c1-7-23(6,18-9-10-18)20-13-16(4)24-22-21(17(5)25-26(20)22)19-11-8-14(2)12-15(19)3/h8,11-13,18H,1,7,9-10H2,2-6H3. The molecule has 0 bridgehead atoms. The van der Waals surface area contributed by atoms with Crippen molar-refractivity contribution in [2.24, 2.45) is 5.92 Å². The second kappa shape index (κ2) is 5.94. The average Bonchev–Trinajstić information content (AvgIpc) is 3.39. The summed E-state index contributed by atoms with van der Waals surface area (Å²) < 4.78 is 2.10. The van der Waals surface area contributed by atoms with Gasteiger partial charge in [-0.25, -0.2) is 9.50 Å². The van der Waals surface area contributed by atoms with Gasteiger partial charge in [0.05, 0.1) is 11.4 Å². The van der Waals surface area contributed by atoms with Crippen molar-refractivity contribution in [3.63, 3.8) is 0 Å². The SMILES string of the molecule is [CH2]CC(C)(c1cc(C)nc2c(-c3ccc(C)cc3C)c(C)nn12)C1CC1. The molecule has 2 aromatic heterocycles. The Balaban J connectivity index is 2.01. The molecule has 135 valence electrons. The molecule has 3 aromatic rings. The molecule has 0 saturated heterocycles. The molecule has 1 unspecified atom stereocenters. The van der Waals surface area contributed by atoms with E-state index in [0.29, 0.717) is 5.92 Å². The molecule has 1 aliphatic carbocycles. The van der Waals surface area contributed by atoms with Crippen molar-refractivity contribution in [3.8, 4) is 11.1 Å². The van der Waals surface area contributed by atoms with Gasteiger partial charge in [-0.15, -0.1) is 0 Å². The highest BCUT2D eigenvalue weighted by Gasteiger charge is 2.43. The fourth-order valence-electron chi connectivity index (χ4n) is 4.32. The second-order valence-corrected chi connectivity index (χ2v) is 8.24. The van der Waals surface area contributed by atoms with Crippen LogP contribution in [0.25, 0.3) is 16.8 Å². The largest absolute Gasteiger partial charge is 0.233 e. The van der Waals surface area contributed by atoms with Crippen LogP contribution in [-0.4, -0.2) is 14.6 Å². The monoisotopic (exact) mass is 346 g/mol. The summed E-state index contributed by atoms with van der Waals surface area (Å²) in [5.74, 6) is 0.707. The predicted molar refractivity (Wildman–Crippen MR) is 107 cm³/mol. The highest BCUT2D eigenvalue weighted by molar-refractivity contribution is 5.82. The smallest absolute Gasteiger partial charge is 0.163 e. The molecule has 26 heavy (non-hydrogen) atoms. The van der Waals surface area contributed by atoms with Gasteiger partial charge in [-0.3, -0.25) is 0 Å². The Morgan fingerprint density at radius 3 is 2.50 bits per heavy atom. The zero-order chi connectivity index (χ0) is 18.6. The summed E-state index contributed by atoms with van der Waals surface area (Å²) in [5.41, 5.74) is 9.34. The molecule has 1 aromatic carbocycles. The van der Waals surface area contributed by atoms with Crippen LogP contribution in [0.4, 0.5) is 0 Å². The Morgan fingerprint density at radius 2 is 1.88 bits per heavy atom. The van der Waals surface area contributed by atoms with Gasteiger partial charge in [-0.1, -0.05) is 37.6 Å². The maximum Gasteiger partial charge on any atom is 0.163 e. The summed E-state index contributed by atoms with van der Waals surface area (Å²) in [7, 11) is 0. The van der Waals surface area contributed by atoms with E-state index in [1.54, 1.807) is 0 Å². The molecule has 0 spiro atoms. The molecule has 4 rings (SSSR count). The first-order valence-corrected chi connectivity index (χ1v) is 9.59. The van der Waals surface area contributed by atoms with Crippen molar-refractivity contribution in [1.29, 1.82) is 0 Å². The van der Waals surface area contributed by atoms with Crippen LogP contribution < -0.4 is 0 Å².